The van der Waals surface area contributed by atoms with Crippen LogP contribution in [-0.4, -0.2) is 17.1 Å². The normalized spacial score (nSPS) is 12.2. The van der Waals surface area contributed by atoms with Crippen LogP contribution in [0.4, 0.5) is 5.69 Å². The minimum absolute atomic E-state index is 0.00886. The first-order chi connectivity index (χ1) is 7.65. The molecule has 0 fully saturated rings. The van der Waals surface area contributed by atoms with Crippen molar-refractivity contribution in [3.63, 3.8) is 0 Å². The van der Waals surface area contributed by atoms with E-state index in [4.69, 9.17) is 10.8 Å². The van der Waals surface area contributed by atoms with Crippen molar-refractivity contribution in [2.75, 3.05) is 5.32 Å². The lowest BCUT2D eigenvalue weighted by atomic mass is 10.1. The summed E-state index contributed by atoms with van der Waals surface area (Å²) in [6, 6.07) is 6.99. The van der Waals surface area contributed by atoms with Crippen molar-refractivity contribution in [1.29, 1.82) is 0 Å². The topological polar surface area (TPSA) is 75.4 Å². The third-order valence-corrected chi connectivity index (χ3v) is 2.39. The van der Waals surface area contributed by atoms with Gasteiger partial charge in [-0.15, -0.1) is 0 Å². The quantitative estimate of drug-likeness (QED) is 0.701. The van der Waals surface area contributed by atoms with Gasteiger partial charge in [-0.25, -0.2) is 0 Å². The second-order valence-electron chi connectivity index (χ2n) is 3.78. The van der Waals surface area contributed by atoms with Crippen LogP contribution in [0.15, 0.2) is 24.3 Å². The summed E-state index contributed by atoms with van der Waals surface area (Å²) >= 11 is 0. The van der Waals surface area contributed by atoms with E-state index in [0.29, 0.717) is 6.42 Å². The van der Waals surface area contributed by atoms with Gasteiger partial charge in [0.2, 0.25) is 5.91 Å². The molecule has 0 saturated heterocycles. The fraction of sp³-hybridized carbons (Fsp3) is 0.417. The van der Waals surface area contributed by atoms with Gasteiger partial charge in [0.15, 0.2) is 0 Å². The van der Waals surface area contributed by atoms with Gasteiger partial charge >= 0.3 is 0 Å². The van der Waals surface area contributed by atoms with Gasteiger partial charge in [0, 0.05) is 18.2 Å². The van der Waals surface area contributed by atoms with E-state index in [-0.39, 0.29) is 18.6 Å². The van der Waals surface area contributed by atoms with Crippen LogP contribution in [0.3, 0.4) is 0 Å². The SMILES string of the molecule is CCC(N)CC(=O)Nc1ccc(CO)cc1. The lowest BCUT2D eigenvalue weighted by Gasteiger charge is -2.09. The number of nitrogens with one attached hydrogen (secondary N) is 1. The predicted octanol–water partition coefficient (Wildman–Crippen LogP) is 1.24. The fourth-order valence-corrected chi connectivity index (χ4v) is 1.29. The Kier molecular flexibility index (Phi) is 4.95. The van der Waals surface area contributed by atoms with Crippen LogP contribution in [0.1, 0.15) is 25.3 Å². The van der Waals surface area contributed by atoms with Crippen molar-refractivity contribution in [3.8, 4) is 0 Å². The van der Waals surface area contributed by atoms with E-state index < -0.39 is 0 Å². The van der Waals surface area contributed by atoms with Gasteiger partial charge in [-0.2, -0.15) is 0 Å². The monoisotopic (exact) mass is 222 g/mol. The third kappa shape index (κ3) is 4.00. The molecule has 4 N–H and O–H groups in total. The molecule has 0 aliphatic carbocycles. The number of hydrogen-bond acceptors (Lipinski definition) is 3. The lowest BCUT2D eigenvalue weighted by Crippen LogP contribution is -2.26. The lowest BCUT2D eigenvalue weighted by molar-refractivity contribution is -0.116. The van der Waals surface area contributed by atoms with Gasteiger partial charge in [0.1, 0.15) is 0 Å². The minimum Gasteiger partial charge on any atom is -0.392 e. The molecule has 1 amide bonds. The summed E-state index contributed by atoms with van der Waals surface area (Å²) in [4.78, 5) is 11.5. The average molecular weight is 222 g/mol. The van der Waals surface area contributed by atoms with Crippen LogP contribution in [0.2, 0.25) is 0 Å². The second kappa shape index (κ2) is 6.25. The maximum atomic E-state index is 11.5. The Morgan fingerprint density at radius 1 is 1.44 bits per heavy atom. The smallest absolute Gasteiger partial charge is 0.225 e. The molecule has 16 heavy (non-hydrogen) atoms. The van der Waals surface area contributed by atoms with Crippen molar-refractivity contribution in [2.45, 2.75) is 32.4 Å². The number of nitrogens with two attached hydrogens (primary N) is 1. The number of anilines is 1. The molecule has 1 rings (SSSR count). The molecule has 0 aromatic heterocycles. The summed E-state index contributed by atoms with van der Waals surface area (Å²) in [5, 5.41) is 11.6. The molecule has 0 aliphatic rings. The van der Waals surface area contributed by atoms with Gasteiger partial charge in [-0.3, -0.25) is 4.79 Å². The summed E-state index contributed by atoms with van der Waals surface area (Å²) < 4.78 is 0. The summed E-state index contributed by atoms with van der Waals surface area (Å²) in [6.45, 7) is 1.96. The van der Waals surface area contributed by atoms with Crippen LogP contribution < -0.4 is 11.1 Å². The van der Waals surface area contributed by atoms with Crippen LogP contribution >= 0.6 is 0 Å². The summed E-state index contributed by atoms with van der Waals surface area (Å²) in [6.07, 6.45) is 1.12. The van der Waals surface area contributed by atoms with E-state index in [0.717, 1.165) is 17.7 Å². The molecule has 0 saturated carbocycles. The van der Waals surface area contributed by atoms with Gasteiger partial charge in [0.05, 0.1) is 6.61 Å². The van der Waals surface area contributed by atoms with E-state index in [9.17, 15) is 4.79 Å². The fourth-order valence-electron chi connectivity index (χ4n) is 1.29. The van der Waals surface area contributed by atoms with Crippen molar-refractivity contribution < 1.29 is 9.90 Å². The second-order valence-corrected chi connectivity index (χ2v) is 3.78. The number of aliphatic hydroxyl groups is 1. The Bertz CT molecular complexity index is 335. The minimum atomic E-state index is -0.0864. The summed E-state index contributed by atoms with van der Waals surface area (Å²) in [7, 11) is 0. The van der Waals surface area contributed by atoms with Crippen LogP contribution in [0, 0.1) is 0 Å². The number of carbonyl (C=O) groups is 1. The molecule has 0 bridgehead atoms. The molecule has 1 unspecified atom stereocenters. The third-order valence-electron chi connectivity index (χ3n) is 2.39. The summed E-state index contributed by atoms with van der Waals surface area (Å²) in [5.41, 5.74) is 7.23. The molecular formula is C12H18N2O2. The van der Waals surface area contributed by atoms with E-state index in [1.807, 2.05) is 6.92 Å². The van der Waals surface area contributed by atoms with Gasteiger partial charge in [0.25, 0.3) is 0 Å². The Labute approximate surface area is 95.5 Å². The maximum Gasteiger partial charge on any atom is 0.225 e. The molecule has 1 aromatic rings. The predicted molar refractivity (Wildman–Crippen MR) is 63.9 cm³/mol. The highest BCUT2D eigenvalue weighted by molar-refractivity contribution is 5.91. The molecule has 4 nitrogen and oxygen atoms in total. The zero-order valence-corrected chi connectivity index (χ0v) is 9.44. The van der Waals surface area contributed by atoms with Crippen molar-refractivity contribution >= 4 is 11.6 Å². The van der Waals surface area contributed by atoms with E-state index in [1.54, 1.807) is 24.3 Å². The van der Waals surface area contributed by atoms with Crippen LogP contribution in [0.5, 0.6) is 0 Å². The first kappa shape index (κ1) is 12.7. The molecule has 0 heterocycles. The Morgan fingerprint density at radius 2 is 2.06 bits per heavy atom. The first-order valence-electron chi connectivity index (χ1n) is 5.41. The number of carbonyl (C=O) groups excluding carboxylic acids is 1. The Morgan fingerprint density at radius 3 is 2.56 bits per heavy atom. The van der Waals surface area contributed by atoms with Crippen LogP contribution in [-0.2, 0) is 11.4 Å². The van der Waals surface area contributed by atoms with Gasteiger partial charge in [-0.05, 0) is 24.1 Å². The highest BCUT2D eigenvalue weighted by Gasteiger charge is 2.07. The maximum absolute atomic E-state index is 11.5. The molecule has 88 valence electrons. The van der Waals surface area contributed by atoms with Crippen molar-refractivity contribution in [1.82, 2.24) is 0 Å². The van der Waals surface area contributed by atoms with Gasteiger partial charge in [-0.1, -0.05) is 19.1 Å². The van der Waals surface area contributed by atoms with Gasteiger partial charge < -0.3 is 16.2 Å². The highest BCUT2D eigenvalue weighted by atomic mass is 16.3. The van der Waals surface area contributed by atoms with Crippen molar-refractivity contribution in [2.24, 2.45) is 5.73 Å². The van der Waals surface area contributed by atoms with Crippen LogP contribution in [0.25, 0.3) is 0 Å². The number of rotatable bonds is 5. The van der Waals surface area contributed by atoms with E-state index in [2.05, 4.69) is 5.32 Å². The zero-order valence-electron chi connectivity index (χ0n) is 9.44. The van der Waals surface area contributed by atoms with Crippen molar-refractivity contribution in [3.05, 3.63) is 29.8 Å². The average Bonchev–Trinajstić information content (AvgIpc) is 2.29. The standard InChI is InChI=1S/C12H18N2O2/c1-2-10(13)7-12(16)14-11-5-3-9(8-15)4-6-11/h3-6,10,15H,2,7-8,13H2,1H3,(H,14,16). The largest absolute Gasteiger partial charge is 0.392 e. The number of hydrogen-bond donors (Lipinski definition) is 3. The molecule has 1 aromatic carbocycles. The molecule has 1 atom stereocenters. The molecule has 0 radical (unpaired) electrons. The molecule has 4 heteroatoms. The molecule has 0 aliphatic heterocycles. The molecular weight excluding hydrogens is 204 g/mol. The van der Waals surface area contributed by atoms with E-state index >= 15 is 0 Å². The first-order valence-corrected chi connectivity index (χ1v) is 5.41. The number of benzene rings is 1. The number of aliphatic hydroxyl groups excluding tert-OH is 1. The number of amides is 1. The summed E-state index contributed by atoms with van der Waals surface area (Å²) in [5.74, 6) is -0.0777. The Balaban J connectivity index is 2.49. The molecule has 0 spiro atoms. The highest BCUT2D eigenvalue weighted by Crippen LogP contribution is 2.10. The van der Waals surface area contributed by atoms with E-state index in [1.165, 1.54) is 0 Å². The Hall–Kier alpha value is -1.39. The zero-order chi connectivity index (χ0) is 12.0.